The van der Waals surface area contributed by atoms with Gasteiger partial charge in [0.2, 0.25) is 0 Å². The van der Waals surface area contributed by atoms with Gasteiger partial charge in [-0.05, 0) is 0 Å². The molecule has 8 rings (SSSR count). The van der Waals surface area contributed by atoms with Crippen molar-refractivity contribution in [2.75, 3.05) is 0 Å². The Balaban J connectivity index is 1.43. The van der Waals surface area contributed by atoms with Crippen molar-refractivity contribution in [1.82, 2.24) is 0 Å². The van der Waals surface area contributed by atoms with Crippen LogP contribution in [0.2, 0.25) is 22.4 Å². The number of fused-ring (bicyclic) bond motifs is 4. The van der Waals surface area contributed by atoms with Crippen molar-refractivity contribution in [2.45, 2.75) is 43.5 Å². The number of allylic oxidation sites excluding steroid dienone is 2. The third-order valence-electron chi connectivity index (χ3n) is 12.5. The van der Waals surface area contributed by atoms with E-state index in [1.54, 1.807) is 22.3 Å². The van der Waals surface area contributed by atoms with Crippen LogP contribution in [0.15, 0.2) is 145 Å². The minimum atomic E-state index is -3.87. The zero-order valence-corrected chi connectivity index (χ0v) is 31.5. The first-order valence-corrected chi connectivity index (χ1v) is 31.9. The first-order chi connectivity index (χ1) is 22.2. The first-order valence-electron chi connectivity index (χ1n) is 17.0. The summed E-state index contributed by atoms with van der Waals surface area (Å²) >= 11 is -3.87. The number of hydrogen-bond donors (Lipinski definition) is 0. The van der Waals surface area contributed by atoms with Gasteiger partial charge in [-0.15, -0.1) is 0 Å². The van der Waals surface area contributed by atoms with Crippen LogP contribution in [0.3, 0.4) is 0 Å². The monoisotopic (exact) mass is 689 g/mol. The summed E-state index contributed by atoms with van der Waals surface area (Å²) in [5.74, 6) is -1.22. The Bertz CT molecular complexity index is 2100. The Morgan fingerprint density at radius 1 is 0.435 bits per heavy atom. The predicted octanol–water partition coefficient (Wildman–Crippen LogP) is 12.2. The molecular weight excluding hydrogens is 648 g/mol. The van der Waals surface area contributed by atoms with Crippen LogP contribution >= 0.6 is 0 Å². The van der Waals surface area contributed by atoms with E-state index >= 15 is 0 Å². The fraction of sp³-hybridized carbons (Fsp3) is 0.182. The van der Waals surface area contributed by atoms with E-state index in [2.05, 4.69) is 170 Å². The molecule has 0 fully saturated rings. The summed E-state index contributed by atoms with van der Waals surface area (Å²) in [5, 5.41) is 5.36. The van der Waals surface area contributed by atoms with Crippen LogP contribution in [-0.4, -0.2) is 5.92 Å². The molecule has 0 amide bonds. The van der Waals surface area contributed by atoms with Crippen molar-refractivity contribution in [3.8, 4) is 0 Å². The average Bonchev–Trinajstić information content (AvgIpc) is 3.55. The number of benzene rings is 6. The van der Waals surface area contributed by atoms with Gasteiger partial charge in [0.15, 0.2) is 0 Å². The minimum absolute atomic E-state index is 0.498. The zero-order chi connectivity index (χ0) is 31.8. The summed E-state index contributed by atoms with van der Waals surface area (Å²) in [7, 11) is 0. The Kier molecular flexibility index (Phi) is 6.95. The molecule has 0 bridgehead atoms. The van der Waals surface area contributed by atoms with Crippen LogP contribution < -0.4 is 0 Å². The van der Waals surface area contributed by atoms with Gasteiger partial charge in [0.05, 0.1) is 0 Å². The Hall–Kier alpha value is -3.58. The van der Waals surface area contributed by atoms with Crippen molar-refractivity contribution in [3.05, 3.63) is 178 Å². The van der Waals surface area contributed by atoms with Crippen molar-refractivity contribution >= 4 is 38.6 Å². The van der Waals surface area contributed by atoms with Gasteiger partial charge < -0.3 is 0 Å². The molecular formula is C44H43SiZr. The molecule has 6 aromatic rings. The fourth-order valence-corrected chi connectivity index (χ4v) is 40.5. The second-order valence-electron chi connectivity index (χ2n) is 15.1. The van der Waals surface area contributed by atoms with E-state index in [4.69, 9.17) is 0 Å². The molecule has 0 heterocycles. The molecule has 227 valence electrons. The predicted molar refractivity (Wildman–Crippen MR) is 200 cm³/mol. The standard InChI is InChI=1S/2C20H15.C2H7Si.2CH3.Zr/c2*1-14-13-16-8-3-5-11-18(16)20(14)19-12-6-9-15-7-2-4-10-17(15)19;1-3-2;;;/h2*2-13H,1H3;3H,1-2H3;2*1H3;. The summed E-state index contributed by atoms with van der Waals surface area (Å²) in [6.45, 7) is 10.4. The van der Waals surface area contributed by atoms with Gasteiger partial charge in [-0.3, -0.25) is 0 Å². The molecule has 46 heavy (non-hydrogen) atoms. The third-order valence-corrected chi connectivity index (χ3v) is 59.6. The Labute approximate surface area is 276 Å². The van der Waals surface area contributed by atoms with Crippen molar-refractivity contribution < 1.29 is 17.9 Å². The molecule has 2 unspecified atom stereocenters. The first kappa shape index (κ1) is 29.8. The van der Waals surface area contributed by atoms with E-state index < -0.39 is 23.9 Å². The molecule has 0 aromatic heterocycles. The van der Waals surface area contributed by atoms with E-state index in [9.17, 15) is 0 Å². The van der Waals surface area contributed by atoms with Gasteiger partial charge in [0.1, 0.15) is 0 Å². The molecule has 2 heteroatoms. The summed E-state index contributed by atoms with van der Waals surface area (Å²) < 4.78 is 6.76. The van der Waals surface area contributed by atoms with Gasteiger partial charge in [0, 0.05) is 0 Å². The zero-order valence-electron chi connectivity index (χ0n) is 27.9. The van der Waals surface area contributed by atoms with Gasteiger partial charge >= 0.3 is 278 Å². The summed E-state index contributed by atoms with van der Waals surface area (Å²) in [6.07, 6.45) is 0. The normalized spacial score (nSPS) is 18.7. The van der Waals surface area contributed by atoms with Crippen molar-refractivity contribution in [1.29, 1.82) is 0 Å². The van der Waals surface area contributed by atoms with Crippen LogP contribution in [0.4, 0.5) is 0 Å². The number of hydrogen-bond acceptors (Lipinski definition) is 0. The van der Waals surface area contributed by atoms with Crippen LogP contribution in [0.25, 0.3) is 32.7 Å². The van der Waals surface area contributed by atoms with Crippen LogP contribution in [-0.2, 0) is 17.9 Å². The van der Waals surface area contributed by atoms with Gasteiger partial charge in [-0.2, -0.15) is 0 Å². The van der Waals surface area contributed by atoms with Gasteiger partial charge in [-0.1, -0.05) is 0 Å². The summed E-state index contributed by atoms with van der Waals surface area (Å²) in [4.78, 5) is 0. The molecule has 0 nitrogen and oxygen atoms in total. The fourth-order valence-electron chi connectivity index (χ4n) is 9.92. The molecule has 2 aliphatic carbocycles. The van der Waals surface area contributed by atoms with Gasteiger partial charge in [0.25, 0.3) is 0 Å². The molecule has 0 saturated heterocycles. The molecule has 0 aliphatic heterocycles. The van der Waals surface area contributed by atoms with E-state index in [-0.39, 0.29) is 0 Å². The topological polar surface area (TPSA) is 0 Å². The molecule has 2 aliphatic rings. The van der Waals surface area contributed by atoms with E-state index in [0.717, 1.165) is 0 Å². The van der Waals surface area contributed by atoms with Crippen LogP contribution in [0, 0.1) is 0 Å². The molecule has 0 saturated carbocycles. The Morgan fingerprint density at radius 3 is 1.22 bits per heavy atom. The maximum absolute atomic E-state index is 3.87. The second kappa shape index (κ2) is 10.7. The molecule has 0 N–H and O–H groups in total. The molecule has 0 spiro atoms. The van der Waals surface area contributed by atoms with Crippen molar-refractivity contribution in [2.24, 2.45) is 0 Å². The van der Waals surface area contributed by atoms with Crippen LogP contribution in [0.5, 0.6) is 0 Å². The second-order valence-corrected chi connectivity index (χ2v) is 53.0. The third kappa shape index (κ3) is 4.06. The maximum atomic E-state index is 2.88. The quantitative estimate of drug-likeness (QED) is 0.158. The Morgan fingerprint density at radius 2 is 0.783 bits per heavy atom. The van der Waals surface area contributed by atoms with Crippen LogP contribution in [0.1, 0.15) is 54.5 Å². The SMILES string of the molecule is CC1=C(c2cccc3ccccc23)c2ccccc2[CH]1[Zr]([CH3])([CH3])([CH]1C(C)=C(c2cccc3ccccc23)c2ccccc21)[SiH](C)C. The van der Waals surface area contributed by atoms with E-state index in [1.807, 2.05) is 0 Å². The van der Waals surface area contributed by atoms with E-state index in [0.29, 0.717) is 7.25 Å². The molecule has 2 atom stereocenters. The van der Waals surface area contributed by atoms with E-state index in [1.165, 1.54) is 54.9 Å². The van der Waals surface area contributed by atoms with Crippen molar-refractivity contribution in [3.63, 3.8) is 0 Å². The average molecular weight is 691 g/mol. The summed E-state index contributed by atoms with van der Waals surface area (Å²) in [6, 6.07) is 50.6. The number of rotatable bonds is 5. The molecule has 0 radical (unpaired) electrons. The van der Waals surface area contributed by atoms with Gasteiger partial charge in [-0.25, -0.2) is 0 Å². The molecule has 6 aromatic carbocycles. The summed E-state index contributed by atoms with van der Waals surface area (Å²) in [5.41, 5.74) is 15.1.